The largest absolute Gasteiger partial charge is 0.492 e. The van der Waals surface area contributed by atoms with Crippen molar-refractivity contribution in [2.75, 3.05) is 39.3 Å². The molecule has 0 unspecified atom stereocenters. The Hall–Kier alpha value is -2.54. The Morgan fingerprint density at radius 2 is 1.85 bits per heavy atom. The van der Waals surface area contributed by atoms with Crippen molar-refractivity contribution in [3.63, 3.8) is 0 Å². The van der Waals surface area contributed by atoms with E-state index < -0.39 is 11.5 Å². The minimum absolute atomic E-state index is 0.113. The summed E-state index contributed by atoms with van der Waals surface area (Å²) in [6, 6.07) is 8.30. The highest BCUT2D eigenvalue weighted by molar-refractivity contribution is 5.95. The molecule has 33 heavy (non-hydrogen) atoms. The first kappa shape index (κ1) is 23.6. The number of benzene rings is 1. The van der Waals surface area contributed by atoms with Crippen LogP contribution in [0, 0.1) is 11.7 Å². The van der Waals surface area contributed by atoms with Gasteiger partial charge in [-0.15, -0.1) is 0 Å². The summed E-state index contributed by atoms with van der Waals surface area (Å²) in [6.45, 7) is 7.48. The molecule has 0 atom stereocenters. The number of piperidine rings is 1. The number of carbonyl (C=O) groups is 1. The quantitative estimate of drug-likeness (QED) is 0.589. The Bertz CT molecular complexity index is 945. The Kier molecular flexibility index (Phi) is 7.27. The van der Waals surface area contributed by atoms with E-state index in [1.807, 2.05) is 6.07 Å². The molecule has 2 aliphatic heterocycles. The van der Waals surface area contributed by atoms with Gasteiger partial charge in [0.1, 0.15) is 17.2 Å². The van der Waals surface area contributed by atoms with Gasteiger partial charge in [0.25, 0.3) is 5.91 Å². The number of halogens is 2. The lowest BCUT2D eigenvalue weighted by molar-refractivity contribution is 0.0788. The molecule has 1 amide bonds. The number of ether oxygens (including phenoxy) is 1. The monoisotopic (exact) mass is 457 g/mol. The van der Waals surface area contributed by atoms with Gasteiger partial charge in [0, 0.05) is 25.2 Å². The number of hydrogen-bond acceptors (Lipinski definition) is 4. The average molecular weight is 458 g/mol. The van der Waals surface area contributed by atoms with E-state index in [-0.39, 0.29) is 11.5 Å². The smallest absolute Gasteiger partial charge is 0.256 e. The van der Waals surface area contributed by atoms with Gasteiger partial charge in [0.2, 0.25) is 0 Å². The van der Waals surface area contributed by atoms with Crippen LogP contribution in [-0.4, -0.2) is 65.7 Å². The summed E-state index contributed by atoms with van der Waals surface area (Å²) in [6.07, 6.45) is 5.57. The number of amides is 1. The first-order valence-corrected chi connectivity index (χ1v) is 11.9. The van der Waals surface area contributed by atoms with E-state index in [4.69, 9.17) is 4.74 Å². The van der Waals surface area contributed by atoms with Gasteiger partial charge >= 0.3 is 0 Å². The second-order valence-corrected chi connectivity index (χ2v) is 9.82. The third-order valence-corrected chi connectivity index (χ3v) is 6.42. The molecular weight excluding hydrogens is 424 g/mol. The predicted molar refractivity (Wildman–Crippen MR) is 125 cm³/mol. The van der Waals surface area contributed by atoms with Crippen molar-refractivity contribution in [3.05, 3.63) is 47.9 Å². The first-order chi connectivity index (χ1) is 15.8. The zero-order valence-corrected chi connectivity index (χ0v) is 19.5. The van der Waals surface area contributed by atoms with Gasteiger partial charge in [-0.05, 0) is 82.8 Å². The lowest BCUT2D eigenvalue weighted by Gasteiger charge is -2.34. The molecule has 2 saturated heterocycles. The fraction of sp³-hybridized carbons (Fsp3) is 0.538. The lowest BCUT2D eigenvalue weighted by Crippen LogP contribution is -2.41. The number of alkyl halides is 1. The van der Waals surface area contributed by atoms with Gasteiger partial charge in [-0.3, -0.25) is 9.78 Å². The fourth-order valence-corrected chi connectivity index (χ4v) is 4.63. The van der Waals surface area contributed by atoms with E-state index in [0.29, 0.717) is 49.2 Å². The van der Waals surface area contributed by atoms with Crippen LogP contribution in [-0.2, 0) is 0 Å². The van der Waals surface area contributed by atoms with Crippen LogP contribution in [0.15, 0.2) is 36.5 Å². The summed E-state index contributed by atoms with van der Waals surface area (Å²) in [5, 5.41) is 0. The molecule has 7 heteroatoms. The van der Waals surface area contributed by atoms with E-state index in [1.54, 1.807) is 43.1 Å². The summed E-state index contributed by atoms with van der Waals surface area (Å²) in [5.41, 5.74) is 0.203. The zero-order chi connectivity index (χ0) is 23.4. The van der Waals surface area contributed by atoms with Crippen LogP contribution in [0.4, 0.5) is 8.78 Å². The first-order valence-electron chi connectivity index (χ1n) is 11.9. The van der Waals surface area contributed by atoms with Crippen molar-refractivity contribution >= 4 is 5.91 Å². The molecule has 178 valence electrons. The van der Waals surface area contributed by atoms with E-state index >= 15 is 0 Å². The summed E-state index contributed by atoms with van der Waals surface area (Å²) in [5.74, 6) is 0.354. The maximum atomic E-state index is 14.6. The van der Waals surface area contributed by atoms with Gasteiger partial charge in [-0.2, -0.15) is 0 Å². The lowest BCUT2D eigenvalue weighted by atomic mass is 9.97. The molecule has 3 heterocycles. The minimum atomic E-state index is -1.16. The second kappa shape index (κ2) is 10.2. The van der Waals surface area contributed by atoms with Crippen molar-refractivity contribution < 1.29 is 18.3 Å². The number of hydrogen-bond donors (Lipinski definition) is 0. The normalized spacial score (nSPS) is 18.0. The molecule has 0 bridgehead atoms. The van der Waals surface area contributed by atoms with Crippen molar-refractivity contribution in [3.8, 4) is 17.0 Å². The molecular formula is C26H33F2N3O2. The molecule has 0 aliphatic carbocycles. The summed E-state index contributed by atoms with van der Waals surface area (Å²) in [7, 11) is 0. The second-order valence-electron chi connectivity index (χ2n) is 9.82. The molecule has 1 aromatic heterocycles. The van der Waals surface area contributed by atoms with Crippen LogP contribution in [0.3, 0.4) is 0 Å². The van der Waals surface area contributed by atoms with Crippen LogP contribution >= 0.6 is 0 Å². The van der Waals surface area contributed by atoms with Crippen LogP contribution in [0.2, 0.25) is 0 Å². The molecule has 0 radical (unpaired) electrons. The zero-order valence-electron chi connectivity index (χ0n) is 19.5. The maximum absolute atomic E-state index is 14.6. The molecule has 0 saturated carbocycles. The van der Waals surface area contributed by atoms with Crippen molar-refractivity contribution in [2.45, 2.75) is 45.2 Å². The molecule has 2 fully saturated rings. The number of pyridine rings is 1. The highest BCUT2D eigenvalue weighted by atomic mass is 19.1. The topological polar surface area (TPSA) is 45.7 Å². The predicted octanol–water partition coefficient (Wildman–Crippen LogP) is 4.96. The number of likely N-dealkylation sites (tertiary alicyclic amines) is 2. The van der Waals surface area contributed by atoms with E-state index in [1.165, 1.54) is 6.07 Å². The van der Waals surface area contributed by atoms with Gasteiger partial charge in [-0.25, -0.2) is 8.78 Å². The Labute approximate surface area is 194 Å². The molecule has 5 nitrogen and oxygen atoms in total. The number of aromatic nitrogens is 1. The van der Waals surface area contributed by atoms with Crippen molar-refractivity contribution in [1.82, 2.24) is 14.8 Å². The Balaban J connectivity index is 1.30. The average Bonchev–Trinajstić information content (AvgIpc) is 3.32. The van der Waals surface area contributed by atoms with Crippen LogP contribution in [0.5, 0.6) is 5.75 Å². The third kappa shape index (κ3) is 6.28. The van der Waals surface area contributed by atoms with Crippen LogP contribution < -0.4 is 4.74 Å². The summed E-state index contributed by atoms with van der Waals surface area (Å²) in [4.78, 5) is 20.8. The highest BCUT2D eigenvalue weighted by Crippen LogP contribution is 2.25. The van der Waals surface area contributed by atoms with Crippen LogP contribution in [0.1, 0.15) is 49.9 Å². The molecule has 1 aromatic carbocycles. The fourth-order valence-electron chi connectivity index (χ4n) is 4.63. The maximum Gasteiger partial charge on any atom is 0.256 e. The summed E-state index contributed by atoms with van der Waals surface area (Å²) >= 11 is 0. The number of rotatable bonds is 7. The van der Waals surface area contributed by atoms with E-state index in [2.05, 4.69) is 9.88 Å². The Morgan fingerprint density at radius 3 is 2.45 bits per heavy atom. The van der Waals surface area contributed by atoms with Gasteiger partial charge in [0.15, 0.2) is 0 Å². The van der Waals surface area contributed by atoms with Crippen LogP contribution in [0.25, 0.3) is 11.3 Å². The van der Waals surface area contributed by atoms with E-state index in [9.17, 15) is 13.6 Å². The molecule has 0 N–H and O–H groups in total. The molecule has 2 aliphatic rings. The molecule has 0 spiro atoms. The molecule has 4 rings (SSSR count). The third-order valence-electron chi connectivity index (χ3n) is 6.42. The summed E-state index contributed by atoms with van der Waals surface area (Å²) < 4.78 is 34.4. The van der Waals surface area contributed by atoms with Crippen molar-refractivity contribution in [2.24, 2.45) is 5.92 Å². The van der Waals surface area contributed by atoms with Gasteiger partial charge in [0.05, 0.1) is 24.1 Å². The minimum Gasteiger partial charge on any atom is -0.492 e. The highest BCUT2D eigenvalue weighted by Gasteiger charge is 2.26. The van der Waals surface area contributed by atoms with Crippen molar-refractivity contribution in [1.29, 1.82) is 0 Å². The number of nitrogens with zero attached hydrogens (tertiary/aromatic N) is 3. The SMILES string of the molecule is CC(C)(F)CN1CCC(COc2ccc(-c3ccc(C(=O)N4CCCC4)c(F)c3)nc2)CC1. The molecule has 2 aromatic rings. The van der Waals surface area contributed by atoms with E-state index in [0.717, 1.165) is 38.8 Å². The van der Waals surface area contributed by atoms with Gasteiger partial charge < -0.3 is 14.5 Å². The standard InChI is InChI=1S/C26H33F2N3O2/c1-26(2,28)18-30-13-9-19(10-14-30)17-33-21-6-8-24(29-16-21)20-5-7-22(23(27)15-20)25(32)31-11-3-4-12-31/h5-8,15-16,19H,3-4,9-14,17-18H2,1-2H3. The Morgan fingerprint density at radius 1 is 1.12 bits per heavy atom. The number of carbonyl (C=O) groups excluding carboxylic acids is 1. The van der Waals surface area contributed by atoms with Gasteiger partial charge in [-0.1, -0.05) is 6.07 Å².